The van der Waals surface area contributed by atoms with Crippen LogP contribution in [0, 0.1) is 17.8 Å². The summed E-state index contributed by atoms with van der Waals surface area (Å²) < 4.78 is 26.7. The summed E-state index contributed by atoms with van der Waals surface area (Å²) in [6.45, 7) is 1.13. The van der Waals surface area contributed by atoms with Crippen molar-refractivity contribution in [3.8, 4) is 0 Å². The predicted octanol–water partition coefficient (Wildman–Crippen LogP) is 2.24. The van der Waals surface area contributed by atoms with Gasteiger partial charge in [-0.15, -0.1) is 0 Å². The third kappa shape index (κ3) is 2.84. The highest BCUT2D eigenvalue weighted by atomic mass is 32.2. The minimum absolute atomic E-state index is 0.00887. The zero-order valence-electron chi connectivity index (χ0n) is 13.6. The lowest BCUT2D eigenvalue weighted by Gasteiger charge is -2.21. The molecule has 0 aromatic carbocycles. The quantitative estimate of drug-likeness (QED) is 0.904. The van der Waals surface area contributed by atoms with Gasteiger partial charge in [0, 0.05) is 31.3 Å². The molecule has 2 heterocycles. The second kappa shape index (κ2) is 6.11. The summed E-state index contributed by atoms with van der Waals surface area (Å²) in [6, 6.07) is 2.99. The molecule has 6 nitrogen and oxygen atoms in total. The lowest BCUT2D eigenvalue weighted by molar-refractivity contribution is -0.121. The van der Waals surface area contributed by atoms with E-state index in [2.05, 4.69) is 10.3 Å². The van der Waals surface area contributed by atoms with Crippen molar-refractivity contribution >= 4 is 21.7 Å². The Kier molecular flexibility index (Phi) is 4.08. The van der Waals surface area contributed by atoms with Crippen LogP contribution in [0.2, 0.25) is 0 Å². The van der Waals surface area contributed by atoms with Gasteiger partial charge in [-0.2, -0.15) is 4.31 Å². The minimum Gasteiger partial charge on any atom is -0.310 e. The molecule has 3 aliphatic rings. The van der Waals surface area contributed by atoms with E-state index < -0.39 is 10.0 Å². The van der Waals surface area contributed by atoms with Gasteiger partial charge < -0.3 is 5.32 Å². The molecule has 7 heteroatoms. The average molecular weight is 349 g/mol. The zero-order valence-corrected chi connectivity index (χ0v) is 14.5. The molecule has 0 radical (unpaired) electrons. The summed E-state index contributed by atoms with van der Waals surface area (Å²) in [4.78, 5) is 16.9. The number of pyridine rings is 1. The molecule has 24 heavy (non-hydrogen) atoms. The highest BCUT2D eigenvalue weighted by molar-refractivity contribution is 7.89. The normalized spacial score (nSPS) is 29.9. The number of nitrogens with one attached hydrogen (secondary N) is 1. The van der Waals surface area contributed by atoms with Gasteiger partial charge in [0.1, 0.15) is 5.82 Å². The molecule has 1 aromatic heterocycles. The zero-order chi connectivity index (χ0) is 16.7. The summed E-state index contributed by atoms with van der Waals surface area (Å²) in [5.41, 5.74) is 0. The Morgan fingerprint density at radius 1 is 1.21 bits per heavy atom. The maximum Gasteiger partial charge on any atom is 0.243 e. The number of hydrogen-bond acceptors (Lipinski definition) is 4. The van der Waals surface area contributed by atoms with Crippen LogP contribution in [-0.4, -0.2) is 36.7 Å². The summed E-state index contributed by atoms with van der Waals surface area (Å²) in [5, 5.41) is 2.84. The molecule has 1 saturated heterocycles. The fraction of sp³-hybridized carbons (Fsp3) is 0.647. The number of amides is 1. The molecule has 3 fully saturated rings. The van der Waals surface area contributed by atoms with Gasteiger partial charge in [-0.25, -0.2) is 13.4 Å². The molecule has 3 unspecified atom stereocenters. The number of carbonyl (C=O) groups is 1. The molecular weight excluding hydrogens is 326 g/mol. The van der Waals surface area contributed by atoms with Crippen LogP contribution in [0.1, 0.15) is 38.5 Å². The predicted molar refractivity (Wildman–Crippen MR) is 89.8 cm³/mol. The van der Waals surface area contributed by atoms with Crippen molar-refractivity contribution in [2.75, 3.05) is 18.4 Å². The lowest BCUT2D eigenvalue weighted by atomic mass is 9.88. The van der Waals surface area contributed by atoms with E-state index in [1.54, 1.807) is 0 Å². The molecule has 4 rings (SSSR count). The van der Waals surface area contributed by atoms with Crippen molar-refractivity contribution in [3.05, 3.63) is 18.3 Å². The number of hydrogen-bond donors (Lipinski definition) is 1. The van der Waals surface area contributed by atoms with Gasteiger partial charge in [-0.1, -0.05) is 6.42 Å². The standard InChI is InChI=1S/C17H23N3O3S/c21-17(15-10-12-3-4-13(15)9-12)19-16-11-14(5-6-18-16)24(22,23)20-7-1-2-8-20/h5-6,11-13,15H,1-4,7-10H2,(H,18,19,21). The summed E-state index contributed by atoms with van der Waals surface area (Å²) in [5.74, 6) is 1.57. The van der Waals surface area contributed by atoms with Crippen molar-refractivity contribution in [1.29, 1.82) is 0 Å². The molecule has 1 amide bonds. The van der Waals surface area contributed by atoms with Crippen LogP contribution in [0.4, 0.5) is 5.82 Å². The smallest absolute Gasteiger partial charge is 0.243 e. The maximum absolute atomic E-state index is 12.6. The Balaban J connectivity index is 1.49. The van der Waals surface area contributed by atoms with Crippen molar-refractivity contribution in [2.24, 2.45) is 17.8 Å². The molecular formula is C17H23N3O3S. The molecule has 130 valence electrons. The van der Waals surface area contributed by atoms with E-state index in [0.717, 1.165) is 32.1 Å². The SMILES string of the molecule is O=C(Nc1cc(S(=O)(=O)N2CCCC2)ccn1)C1CC2CCC1C2. The van der Waals surface area contributed by atoms with Crippen LogP contribution in [0.3, 0.4) is 0 Å². The van der Waals surface area contributed by atoms with Crippen molar-refractivity contribution in [2.45, 2.75) is 43.4 Å². The minimum atomic E-state index is -3.48. The van der Waals surface area contributed by atoms with Gasteiger partial charge >= 0.3 is 0 Å². The number of rotatable bonds is 4. The van der Waals surface area contributed by atoms with Crippen LogP contribution in [0.5, 0.6) is 0 Å². The second-order valence-corrected chi connectivity index (χ2v) is 9.20. The molecule has 2 saturated carbocycles. The first-order valence-corrected chi connectivity index (χ1v) is 10.2. The fourth-order valence-corrected chi connectivity index (χ4v) is 6.03. The van der Waals surface area contributed by atoms with E-state index in [1.165, 1.54) is 29.1 Å². The molecule has 2 aliphatic carbocycles. The van der Waals surface area contributed by atoms with Gasteiger partial charge in [0.15, 0.2) is 0 Å². The van der Waals surface area contributed by atoms with Gasteiger partial charge in [-0.3, -0.25) is 4.79 Å². The number of aromatic nitrogens is 1. The van der Waals surface area contributed by atoms with Gasteiger partial charge in [0.2, 0.25) is 15.9 Å². The van der Waals surface area contributed by atoms with Crippen molar-refractivity contribution in [3.63, 3.8) is 0 Å². The third-order valence-corrected chi connectivity index (χ3v) is 7.65. The third-order valence-electron chi connectivity index (χ3n) is 5.76. The van der Waals surface area contributed by atoms with Crippen LogP contribution in [0.15, 0.2) is 23.2 Å². The highest BCUT2D eigenvalue weighted by Gasteiger charge is 2.43. The van der Waals surface area contributed by atoms with E-state index in [-0.39, 0.29) is 16.7 Å². The van der Waals surface area contributed by atoms with Gasteiger partial charge in [0.25, 0.3) is 0 Å². The van der Waals surface area contributed by atoms with E-state index in [1.807, 2.05) is 0 Å². The first kappa shape index (κ1) is 16.0. The van der Waals surface area contributed by atoms with Crippen LogP contribution >= 0.6 is 0 Å². The molecule has 1 N–H and O–H groups in total. The molecule has 3 atom stereocenters. The molecule has 0 spiro atoms. The summed E-state index contributed by atoms with van der Waals surface area (Å²) in [7, 11) is -3.48. The van der Waals surface area contributed by atoms with Gasteiger partial charge in [0.05, 0.1) is 4.90 Å². The molecule has 2 bridgehead atoms. The van der Waals surface area contributed by atoms with E-state index in [4.69, 9.17) is 0 Å². The number of nitrogens with zero attached hydrogens (tertiary/aromatic N) is 2. The average Bonchev–Trinajstić information content (AvgIpc) is 3.32. The van der Waals surface area contributed by atoms with E-state index >= 15 is 0 Å². The van der Waals surface area contributed by atoms with Gasteiger partial charge in [-0.05, 0) is 50.0 Å². The molecule has 1 aromatic rings. The van der Waals surface area contributed by atoms with Crippen molar-refractivity contribution in [1.82, 2.24) is 9.29 Å². The van der Waals surface area contributed by atoms with Crippen molar-refractivity contribution < 1.29 is 13.2 Å². The number of fused-ring (bicyclic) bond motifs is 2. The summed E-state index contributed by atoms with van der Waals surface area (Å²) in [6.07, 6.45) is 7.77. The van der Waals surface area contributed by atoms with Crippen LogP contribution in [0.25, 0.3) is 0 Å². The monoisotopic (exact) mass is 349 g/mol. The Hall–Kier alpha value is -1.47. The Morgan fingerprint density at radius 3 is 2.67 bits per heavy atom. The highest BCUT2D eigenvalue weighted by Crippen LogP contribution is 2.48. The lowest BCUT2D eigenvalue weighted by Crippen LogP contribution is -2.29. The van der Waals surface area contributed by atoms with E-state index in [0.29, 0.717) is 30.7 Å². The number of anilines is 1. The Labute approximate surface area is 142 Å². The van der Waals surface area contributed by atoms with E-state index in [9.17, 15) is 13.2 Å². The summed E-state index contributed by atoms with van der Waals surface area (Å²) >= 11 is 0. The number of sulfonamides is 1. The van der Waals surface area contributed by atoms with Crippen LogP contribution in [-0.2, 0) is 14.8 Å². The Morgan fingerprint density at radius 2 is 2.00 bits per heavy atom. The second-order valence-electron chi connectivity index (χ2n) is 7.26. The maximum atomic E-state index is 12.6. The first-order valence-electron chi connectivity index (χ1n) is 8.81. The van der Waals surface area contributed by atoms with Crippen LogP contribution < -0.4 is 5.32 Å². The molecule has 1 aliphatic heterocycles. The Bertz CT molecular complexity index is 743. The fourth-order valence-electron chi connectivity index (χ4n) is 4.50. The first-order chi connectivity index (χ1) is 11.5. The number of carbonyl (C=O) groups excluding carboxylic acids is 1. The topological polar surface area (TPSA) is 79.4 Å². The largest absolute Gasteiger partial charge is 0.310 e.